The van der Waals surface area contributed by atoms with Gasteiger partial charge in [0.25, 0.3) is 0 Å². The average Bonchev–Trinajstić information content (AvgIpc) is 2.44. The molecule has 0 bridgehead atoms. The van der Waals surface area contributed by atoms with E-state index in [0.717, 1.165) is 0 Å². The summed E-state index contributed by atoms with van der Waals surface area (Å²) < 4.78 is 0. The Morgan fingerprint density at radius 3 is 2.57 bits per heavy atom. The van der Waals surface area contributed by atoms with Crippen molar-refractivity contribution in [2.24, 2.45) is 5.16 Å². The zero-order chi connectivity index (χ0) is 15.4. The van der Waals surface area contributed by atoms with Gasteiger partial charge in [-0.15, -0.1) is 0 Å². The van der Waals surface area contributed by atoms with Crippen LogP contribution >= 0.6 is 23.2 Å². The lowest BCUT2D eigenvalue weighted by molar-refractivity contribution is 0.297. The molecule has 0 aliphatic rings. The summed E-state index contributed by atoms with van der Waals surface area (Å²) in [7, 11) is 0. The van der Waals surface area contributed by atoms with E-state index in [4.69, 9.17) is 33.8 Å². The summed E-state index contributed by atoms with van der Waals surface area (Å²) in [5.74, 6) is 0.282. The van der Waals surface area contributed by atoms with Gasteiger partial charge in [0.15, 0.2) is 5.76 Å². The van der Waals surface area contributed by atoms with E-state index >= 15 is 0 Å². The Hall–Kier alpha value is -2.04. The molecule has 2 N–H and O–H groups in total. The predicted molar refractivity (Wildman–Crippen MR) is 87.4 cm³/mol. The molecule has 0 aliphatic heterocycles. The highest BCUT2D eigenvalue weighted by atomic mass is 35.5. The fourth-order valence-corrected chi connectivity index (χ4v) is 2.33. The largest absolute Gasteiger partial charge is 0.399 e. The number of nitrogens with two attached hydrogens (primary N) is 1. The van der Waals surface area contributed by atoms with Crippen molar-refractivity contribution in [1.82, 2.24) is 4.98 Å². The quantitative estimate of drug-likeness (QED) is 0.516. The summed E-state index contributed by atoms with van der Waals surface area (Å²) in [4.78, 5) is 9.37. The number of halogens is 2. The van der Waals surface area contributed by atoms with Gasteiger partial charge < -0.3 is 10.6 Å². The van der Waals surface area contributed by atoms with Crippen molar-refractivity contribution in [3.63, 3.8) is 0 Å². The molecule has 0 atom stereocenters. The Kier molecular flexibility index (Phi) is 4.83. The molecule has 0 aliphatic carbocycles. The second kappa shape index (κ2) is 6.61. The third-order valence-electron chi connectivity index (χ3n) is 2.69. The molecule has 0 amide bonds. The third-order valence-corrected chi connectivity index (χ3v) is 3.32. The Morgan fingerprint density at radius 2 is 1.95 bits per heavy atom. The molecule has 108 valence electrons. The highest BCUT2D eigenvalue weighted by molar-refractivity contribution is 6.40. The SMILES string of the molecule is C=C(O/N=C(\C)c1c(Cl)cccc1Cl)c1cc(N)ccn1. The molecule has 1 heterocycles. The number of aromatic nitrogens is 1. The molecule has 0 unspecified atom stereocenters. The lowest BCUT2D eigenvalue weighted by atomic mass is 10.1. The number of nitrogen functional groups attached to an aromatic ring is 1. The molecule has 0 radical (unpaired) electrons. The van der Waals surface area contributed by atoms with Crippen molar-refractivity contribution in [2.75, 3.05) is 5.73 Å². The van der Waals surface area contributed by atoms with Crippen molar-refractivity contribution in [2.45, 2.75) is 6.92 Å². The summed E-state index contributed by atoms with van der Waals surface area (Å²) in [6.07, 6.45) is 1.57. The summed E-state index contributed by atoms with van der Waals surface area (Å²) in [6, 6.07) is 8.55. The highest BCUT2D eigenvalue weighted by Gasteiger charge is 2.10. The number of hydrogen-bond donors (Lipinski definition) is 1. The van der Waals surface area contributed by atoms with Gasteiger partial charge in [0.1, 0.15) is 5.69 Å². The van der Waals surface area contributed by atoms with Gasteiger partial charge in [-0.2, -0.15) is 0 Å². The van der Waals surface area contributed by atoms with Crippen molar-refractivity contribution >= 4 is 40.4 Å². The van der Waals surface area contributed by atoms with Gasteiger partial charge >= 0.3 is 0 Å². The zero-order valence-corrected chi connectivity index (χ0v) is 12.8. The van der Waals surface area contributed by atoms with Gasteiger partial charge in [-0.1, -0.05) is 41.0 Å². The first kappa shape index (κ1) is 15.4. The van der Waals surface area contributed by atoms with Crippen LogP contribution in [0, 0.1) is 0 Å². The Bertz CT molecular complexity index is 694. The summed E-state index contributed by atoms with van der Waals surface area (Å²) in [5, 5.41) is 4.99. The first-order valence-electron chi connectivity index (χ1n) is 6.06. The minimum absolute atomic E-state index is 0.282. The maximum Gasteiger partial charge on any atom is 0.176 e. The maximum absolute atomic E-state index is 6.11. The van der Waals surface area contributed by atoms with Crippen molar-refractivity contribution in [3.05, 3.63) is 64.4 Å². The van der Waals surface area contributed by atoms with Crippen LogP contribution in [0.1, 0.15) is 18.2 Å². The van der Waals surface area contributed by atoms with Crippen LogP contribution < -0.4 is 5.73 Å². The van der Waals surface area contributed by atoms with Crippen molar-refractivity contribution in [3.8, 4) is 0 Å². The third kappa shape index (κ3) is 3.74. The zero-order valence-electron chi connectivity index (χ0n) is 11.3. The van der Waals surface area contributed by atoms with Gasteiger partial charge in [0.2, 0.25) is 0 Å². The van der Waals surface area contributed by atoms with E-state index in [-0.39, 0.29) is 5.76 Å². The minimum Gasteiger partial charge on any atom is -0.399 e. The molecule has 0 spiro atoms. The van der Waals surface area contributed by atoms with Crippen LogP contribution in [0.4, 0.5) is 5.69 Å². The summed E-state index contributed by atoms with van der Waals surface area (Å²) in [6.45, 7) is 5.51. The summed E-state index contributed by atoms with van der Waals surface area (Å²) >= 11 is 12.2. The number of nitrogens with zero attached hydrogens (tertiary/aromatic N) is 2. The van der Waals surface area contributed by atoms with Crippen LogP contribution in [0.5, 0.6) is 0 Å². The fourth-order valence-electron chi connectivity index (χ4n) is 1.66. The van der Waals surface area contributed by atoms with Crippen molar-refractivity contribution in [1.29, 1.82) is 0 Å². The number of anilines is 1. The molecule has 21 heavy (non-hydrogen) atoms. The first-order chi connectivity index (χ1) is 9.99. The summed E-state index contributed by atoms with van der Waals surface area (Å²) in [5.41, 5.74) is 7.91. The molecule has 6 heteroatoms. The van der Waals surface area contributed by atoms with Crippen LogP contribution in [-0.4, -0.2) is 10.7 Å². The molecular formula is C15H13Cl2N3O. The van der Waals surface area contributed by atoms with E-state index in [2.05, 4.69) is 16.7 Å². The van der Waals surface area contributed by atoms with Crippen LogP contribution in [0.3, 0.4) is 0 Å². The molecule has 4 nitrogen and oxygen atoms in total. The van der Waals surface area contributed by atoms with Gasteiger partial charge in [0.05, 0.1) is 15.8 Å². The lowest BCUT2D eigenvalue weighted by Crippen LogP contribution is -1.99. The van der Waals surface area contributed by atoms with Gasteiger partial charge in [-0.05, 0) is 31.2 Å². The fraction of sp³-hybridized carbons (Fsp3) is 0.0667. The monoisotopic (exact) mass is 321 g/mol. The second-order valence-corrected chi connectivity index (χ2v) is 5.08. The molecule has 0 saturated carbocycles. The van der Waals surface area contributed by atoms with Crippen molar-refractivity contribution < 1.29 is 4.84 Å². The normalized spacial score (nSPS) is 11.3. The second-order valence-electron chi connectivity index (χ2n) is 4.26. The van der Waals surface area contributed by atoms with E-state index < -0.39 is 0 Å². The lowest BCUT2D eigenvalue weighted by Gasteiger charge is -2.07. The Balaban J connectivity index is 2.19. The number of hydrogen-bond acceptors (Lipinski definition) is 4. The van der Waals surface area contributed by atoms with E-state index in [1.54, 1.807) is 43.5 Å². The van der Waals surface area contributed by atoms with Gasteiger partial charge in [-0.25, -0.2) is 0 Å². The van der Waals surface area contributed by atoms with E-state index in [1.165, 1.54) is 0 Å². The number of rotatable bonds is 4. The van der Waals surface area contributed by atoms with Crippen LogP contribution in [0.15, 0.2) is 48.3 Å². The van der Waals surface area contributed by atoms with E-state index in [9.17, 15) is 0 Å². The Morgan fingerprint density at radius 1 is 1.29 bits per heavy atom. The maximum atomic E-state index is 6.11. The molecule has 2 rings (SSSR count). The number of pyridine rings is 1. The van der Waals surface area contributed by atoms with Gasteiger partial charge in [-0.3, -0.25) is 4.98 Å². The Labute approximate surface area is 132 Å². The molecule has 1 aromatic heterocycles. The smallest absolute Gasteiger partial charge is 0.176 e. The molecule has 1 aromatic carbocycles. The molecule has 0 saturated heterocycles. The van der Waals surface area contributed by atoms with Crippen LogP contribution in [0.25, 0.3) is 5.76 Å². The highest BCUT2D eigenvalue weighted by Crippen LogP contribution is 2.25. The topological polar surface area (TPSA) is 60.5 Å². The average molecular weight is 322 g/mol. The minimum atomic E-state index is 0.282. The predicted octanol–water partition coefficient (Wildman–Crippen LogP) is 4.38. The number of oxime groups is 1. The first-order valence-corrected chi connectivity index (χ1v) is 6.81. The van der Waals surface area contributed by atoms with E-state index in [0.29, 0.717) is 32.7 Å². The van der Waals surface area contributed by atoms with Crippen LogP contribution in [0.2, 0.25) is 10.0 Å². The molecular weight excluding hydrogens is 309 g/mol. The molecule has 0 fully saturated rings. The van der Waals surface area contributed by atoms with Crippen LogP contribution in [-0.2, 0) is 4.84 Å². The van der Waals surface area contributed by atoms with Gasteiger partial charge in [0, 0.05) is 17.4 Å². The number of benzene rings is 1. The standard InChI is InChI=1S/C15H13Cl2N3O/c1-9(15-12(16)4-3-5-13(15)17)20-21-10(2)14-8-11(18)6-7-19-14/h3-8H,2H2,1H3,(H2,18,19)/b20-9+. The molecule has 2 aromatic rings. The van der Waals surface area contributed by atoms with E-state index in [1.807, 2.05) is 0 Å².